The predicted octanol–water partition coefficient (Wildman–Crippen LogP) is -1.26. The molecular weight excluding hydrogens is 200 g/mol. The quantitative estimate of drug-likeness (QED) is 0.503. The number of nitrogens with zero attached hydrogens (tertiary/aromatic N) is 1. The van der Waals surface area contributed by atoms with Crippen molar-refractivity contribution >= 4 is 23.6 Å². The molecule has 15 heavy (non-hydrogen) atoms. The second-order valence-corrected chi connectivity index (χ2v) is 2.76. The van der Waals surface area contributed by atoms with Crippen molar-refractivity contribution in [1.82, 2.24) is 10.2 Å². The van der Waals surface area contributed by atoms with Crippen LogP contribution in [0, 0.1) is 0 Å². The van der Waals surface area contributed by atoms with Gasteiger partial charge in [-0.05, 0) is 0 Å². The lowest BCUT2D eigenvalue weighted by Crippen LogP contribution is -2.24. The second kappa shape index (κ2) is 4.32. The molecule has 2 heterocycles. The first-order valence-corrected chi connectivity index (χ1v) is 4.03. The molecule has 0 saturated carbocycles. The maximum absolute atomic E-state index is 10.4. The molecule has 0 unspecified atom stereocenters. The zero-order valence-corrected chi connectivity index (χ0v) is 7.89. The SMILES string of the molecule is CN1C(=O)C=CC1=O.O=C1C=CC(=O)N1. The third-order valence-corrected chi connectivity index (χ3v) is 1.66. The van der Waals surface area contributed by atoms with Crippen LogP contribution in [0.3, 0.4) is 0 Å². The highest BCUT2D eigenvalue weighted by Crippen LogP contribution is 1.97. The summed E-state index contributed by atoms with van der Waals surface area (Å²) in [6.45, 7) is 0. The molecule has 2 aliphatic heterocycles. The third kappa shape index (κ3) is 2.87. The van der Waals surface area contributed by atoms with E-state index in [-0.39, 0.29) is 23.6 Å². The van der Waals surface area contributed by atoms with Gasteiger partial charge < -0.3 is 0 Å². The molecule has 0 aliphatic carbocycles. The molecule has 4 amide bonds. The minimum Gasteiger partial charge on any atom is -0.289 e. The first kappa shape index (κ1) is 10.8. The summed E-state index contributed by atoms with van der Waals surface area (Å²) < 4.78 is 0. The molecular formula is C9H8N2O4. The Balaban J connectivity index is 0.000000151. The number of nitrogens with one attached hydrogen (secondary N) is 1. The summed E-state index contributed by atoms with van der Waals surface area (Å²) in [7, 11) is 1.45. The molecule has 6 nitrogen and oxygen atoms in total. The van der Waals surface area contributed by atoms with Crippen LogP contribution in [0.4, 0.5) is 0 Å². The highest BCUT2D eigenvalue weighted by atomic mass is 16.2. The Bertz CT molecular complexity index is 361. The van der Waals surface area contributed by atoms with E-state index in [1.54, 1.807) is 0 Å². The number of hydrogen-bond acceptors (Lipinski definition) is 4. The van der Waals surface area contributed by atoms with Gasteiger partial charge in [0.2, 0.25) is 0 Å². The Morgan fingerprint density at radius 1 is 0.867 bits per heavy atom. The zero-order valence-electron chi connectivity index (χ0n) is 7.89. The topological polar surface area (TPSA) is 83.6 Å². The van der Waals surface area contributed by atoms with Crippen LogP contribution in [0.1, 0.15) is 0 Å². The molecule has 0 fully saturated rings. The average molecular weight is 208 g/mol. The van der Waals surface area contributed by atoms with Gasteiger partial charge in [-0.2, -0.15) is 0 Å². The fourth-order valence-electron chi connectivity index (χ4n) is 0.831. The van der Waals surface area contributed by atoms with Crippen LogP contribution in [0.2, 0.25) is 0 Å². The van der Waals surface area contributed by atoms with Crippen molar-refractivity contribution in [2.24, 2.45) is 0 Å². The second-order valence-electron chi connectivity index (χ2n) is 2.76. The van der Waals surface area contributed by atoms with E-state index in [2.05, 4.69) is 0 Å². The molecule has 0 aromatic heterocycles. The third-order valence-electron chi connectivity index (χ3n) is 1.66. The van der Waals surface area contributed by atoms with Crippen molar-refractivity contribution < 1.29 is 19.2 Å². The van der Waals surface area contributed by atoms with Gasteiger partial charge in [0.25, 0.3) is 23.6 Å². The monoisotopic (exact) mass is 208 g/mol. The lowest BCUT2D eigenvalue weighted by atomic mass is 10.6. The Morgan fingerprint density at radius 3 is 1.40 bits per heavy atom. The van der Waals surface area contributed by atoms with E-state index >= 15 is 0 Å². The highest BCUT2D eigenvalue weighted by Gasteiger charge is 2.17. The summed E-state index contributed by atoms with van der Waals surface area (Å²) in [4.78, 5) is 41.9. The molecule has 1 N–H and O–H groups in total. The molecule has 0 saturated heterocycles. The number of carbonyl (C=O) groups excluding carboxylic acids is 4. The summed E-state index contributed by atoms with van der Waals surface area (Å²) >= 11 is 0. The molecule has 78 valence electrons. The molecule has 2 aliphatic rings. The van der Waals surface area contributed by atoms with E-state index in [0.717, 1.165) is 4.90 Å². The number of rotatable bonds is 0. The van der Waals surface area contributed by atoms with Crippen LogP contribution in [-0.4, -0.2) is 35.6 Å². The van der Waals surface area contributed by atoms with Crippen LogP contribution in [0.15, 0.2) is 24.3 Å². The summed E-state index contributed by atoms with van der Waals surface area (Å²) in [5.41, 5.74) is 0. The number of hydrogen-bond donors (Lipinski definition) is 1. The van der Waals surface area contributed by atoms with E-state index in [1.807, 2.05) is 5.32 Å². The largest absolute Gasteiger partial charge is 0.289 e. The standard InChI is InChI=1S/C5H5NO2.C4H3NO2/c1-6-4(7)2-3-5(6)8;6-3-1-2-4(7)5-3/h2-3H,1H3;1-2H,(H,5,6,7). The van der Waals surface area contributed by atoms with Gasteiger partial charge in [0.05, 0.1) is 0 Å². The smallest absolute Gasteiger partial charge is 0.253 e. The number of amides is 4. The van der Waals surface area contributed by atoms with Crippen LogP contribution >= 0.6 is 0 Å². The van der Waals surface area contributed by atoms with Crippen molar-refractivity contribution in [1.29, 1.82) is 0 Å². The lowest BCUT2D eigenvalue weighted by Gasteiger charge is -2.01. The first-order valence-electron chi connectivity index (χ1n) is 4.03. The number of likely N-dealkylation sites (N-methyl/N-ethyl adjacent to an activating group) is 1. The van der Waals surface area contributed by atoms with Gasteiger partial charge in [-0.15, -0.1) is 0 Å². The van der Waals surface area contributed by atoms with Crippen LogP contribution in [-0.2, 0) is 19.2 Å². The van der Waals surface area contributed by atoms with Gasteiger partial charge in [-0.3, -0.25) is 29.4 Å². The van der Waals surface area contributed by atoms with Crippen molar-refractivity contribution in [2.45, 2.75) is 0 Å². The lowest BCUT2D eigenvalue weighted by molar-refractivity contribution is -0.135. The molecule has 0 atom stereocenters. The fraction of sp³-hybridized carbons (Fsp3) is 0.111. The molecule has 2 rings (SSSR count). The van der Waals surface area contributed by atoms with Crippen molar-refractivity contribution in [3.05, 3.63) is 24.3 Å². The normalized spacial score (nSPS) is 18.1. The van der Waals surface area contributed by atoms with Crippen molar-refractivity contribution in [3.8, 4) is 0 Å². The van der Waals surface area contributed by atoms with E-state index in [4.69, 9.17) is 0 Å². The molecule has 0 aromatic rings. The maximum atomic E-state index is 10.4. The Kier molecular flexibility index (Phi) is 3.12. The maximum Gasteiger partial charge on any atom is 0.253 e. The van der Waals surface area contributed by atoms with E-state index in [9.17, 15) is 19.2 Å². The van der Waals surface area contributed by atoms with Crippen molar-refractivity contribution in [2.75, 3.05) is 7.05 Å². The Labute approximate surface area is 85.2 Å². The van der Waals surface area contributed by atoms with Crippen molar-refractivity contribution in [3.63, 3.8) is 0 Å². The molecule has 0 aromatic carbocycles. The van der Waals surface area contributed by atoms with Crippen LogP contribution in [0.25, 0.3) is 0 Å². The summed E-state index contributed by atoms with van der Waals surface area (Å²) in [6, 6.07) is 0. The van der Waals surface area contributed by atoms with Crippen LogP contribution in [0.5, 0.6) is 0 Å². The molecule has 0 bridgehead atoms. The van der Waals surface area contributed by atoms with Gasteiger partial charge in [-0.1, -0.05) is 0 Å². The molecule has 6 heteroatoms. The predicted molar refractivity (Wildman–Crippen MR) is 49.2 cm³/mol. The van der Waals surface area contributed by atoms with E-state index in [0.29, 0.717) is 0 Å². The molecule has 0 spiro atoms. The van der Waals surface area contributed by atoms with Gasteiger partial charge in [-0.25, -0.2) is 0 Å². The number of imide groups is 2. The average Bonchev–Trinajstić information content (AvgIpc) is 2.68. The van der Waals surface area contributed by atoms with Gasteiger partial charge in [0.1, 0.15) is 0 Å². The number of carbonyl (C=O) groups is 4. The summed E-state index contributed by atoms with van der Waals surface area (Å²) in [6.07, 6.45) is 4.90. The fourth-order valence-corrected chi connectivity index (χ4v) is 0.831. The van der Waals surface area contributed by atoms with E-state index < -0.39 is 0 Å². The van der Waals surface area contributed by atoms with Crippen LogP contribution < -0.4 is 5.32 Å². The summed E-state index contributed by atoms with van der Waals surface area (Å²) in [5, 5.41) is 2.03. The van der Waals surface area contributed by atoms with Gasteiger partial charge in [0.15, 0.2) is 0 Å². The zero-order chi connectivity index (χ0) is 11.4. The highest BCUT2D eigenvalue weighted by molar-refractivity contribution is 6.13. The van der Waals surface area contributed by atoms with Gasteiger partial charge in [0, 0.05) is 31.4 Å². The first-order chi connectivity index (χ1) is 7.00. The van der Waals surface area contributed by atoms with E-state index in [1.165, 1.54) is 31.4 Å². The summed E-state index contributed by atoms with van der Waals surface area (Å²) in [5.74, 6) is -1.14. The minimum absolute atomic E-state index is 0.241. The Morgan fingerprint density at radius 2 is 1.27 bits per heavy atom. The van der Waals surface area contributed by atoms with Gasteiger partial charge >= 0.3 is 0 Å². The minimum atomic E-state index is -0.329. The Hall–Kier alpha value is -2.24. The molecule has 0 radical (unpaired) electrons.